The molecule has 0 aliphatic rings. The molecule has 162 valence electrons. The molecule has 9 nitrogen and oxygen atoms in total. The Bertz CT molecular complexity index is 1110. The summed E-state index contributed by atoms with van der Waals surface area (Å²) in [6.45, 7) is 4.95. The summed E-state index contributed by atoms with van der Waals surface area (Å²) in [5.74, 6) is -0.828. The SMILES string of the molecule is CCN(CC)S(=O)(=O)c1ccc(=O)n(CC(=O)Nc2ccc(NC(C)=O)cc2Cl)c1. The molecule has 1 aromatic heterocycles. The topological polar surface area (TPSA) is 118 Å². The monoisotopic (exact) mass is 454 g/mol. The Morgan fingerprint density at radius 3 is 2.33 bits per heavy atom. The highest BCUT2D eigenvalue weighted by Gasteiger charge is 2.22. The second-order valence-corrected chi connectivity index (χ2v) is 8.69. The first-order valence-electron chi connectivity index (χ1n) is 9.16. The zero-order chi connectivity index (χ0) is 22.5. The van der Waals surface area contributed by atoms with Crippen molar-refractivity contribution in [3.05, 3.63) is 51.9 Å². The molecular formula is C19H23ClN4O5S. The van der Waals surface area contributed by atoms with Crippen LogP contribution in [0.15, 0.2) is 46.2 Å². The second kappa shape index (κ2) is 9.88. The van der Waals surface area contributed by atoms with E-state index in [0.717, 1.165) is 16.8 Å². The maximum Gasteiger partial charge on any atom is 0.251 e. The summed E-state index contributed by atoms with van der Waals surface area (Å²) in [7, 11) is -3.77. The highest BCUT2D eigenvalue weighted by molar-refractivity contribution is 7.89. The third-order valence-electron chi connectivity index (χ3n) is 4.18. The van der Waals surface area contributed by atoms with Gasteiger partial charge in [0.25, 0.3) is 5.56 Å². The van der Waals surface area contributed by atoms with E-state index >= 15 is 0 Å². The lowest BCUT2D eigenvalue weighted by molar-refractivity contribution is -0.117. The van der Waals surface area contributed by atoms with Gasteiger partial charge in [-0.2, -0.15) is 4.31 Å². The Hall–Kier alpha value is -2.69. The minimum Gasteiger partial charge on any atom is -0.326 e. The van der Waals surface area contributed by atoms with Gasteiger partial charge in [0.2, 0.25) is 21.8 Å². The van der Waals surface area contributed by atoms with Gasteiger partial charge in [-0.15, -0.1) is 0 Å². The number of amides is 2. The van der Waals surface area contributed by atoms with Crippen molar-refractivity contribution in [3.63, 3.8) is 0 Å². The minimum atomic E-state index is -3.77. The fraction of sp³-hybridized carbons (Fsp3) is 0.316. The number of anilines is 2. The van der Waals surface area contributed by atoms with Crippen molar-refractivity contribution < 1.29 is 18.0 Å². The van der Waals surface area contributed by atoms with Crippen LogP contribution in [0.4, 0.5) is 11.4 Å². The average Bonchev–Trinajstić information content (AvgIpc) is 2.66. The van der Waals surface area contributed by atoms with Crippen LogP contribution in [0.2, 0.25) is 5.02 Å². The summed E-state index contributed by atoms with van der Waals surface area (Å²) >= 11 is 6.12. The lowest BCUT2D eigenvalue weighted by atomic mass is 10.2. The van der Waals surface area contributed by atoms with Crippen LogP contribution in [0.5, 0.6) is 0 Å². The molecule has 0 aliphatic carbocycles. The zero-order valence-electron chi connectivity index (χ0n) is 16.8. The maximum atomic E-state index is 12.7. The van der Waals surface area contributed by atoms with E-state index in [4.69, 9.17) is 11.6 Å². The van der Waals surface area contributed by atoms with Crippen LogP contribution in [0.1, 0.15) is 20.8 Å². The van der Waals surface area contributed by atoms with Crippen LogP contribution in [0.25, 0.3) is 0 Å². The van der Waals surface area contributed by atoms with E-state index < -0.39 is 28.0 Å². The predicted molar refractivity (Wildman–Crippen MR) is 115 cm³/mol. The van der Waals surface area contributed by atoms with E-state index in [0.29, 0.717) is 5.69 Å². The second-order valence-electron chi connectivity index (χ2n) is 6.34. The molecule has 1 heterocycles. The van der Waals surface area contributed by atoms with E-state index in [1.165, 1.54) is 29.4 Å². The van der Waals surface area contributed by atoms with Gasteiger partial charge in [-0.25, -0.2) is 8.42 Å². The van der Waals surface area contributed by atoms with Crippen molar-refractivity contribution in [3.8, 4) is 0 Å². The normalized spacial score (nSPS) is 11.4. The molecule has 0 bridgehead atoms. The molecule has 2 amide bonds. The van der Waals surface area contributed by atoms with Crippen LogP contribution in [-0.4, -0.2) is 42.2 Å². The van der Waals surface area contributed by atoms with E-state index in [2.05, 4.69) is 10.6 Å². The zero-order valence-corrected chi connectivity index (χ0v) is 18.4. The highest BCUT2D eigenvalue weighted by atomic mass is 35.5. The largest absolute Gasteiger partial charge is 0.326 e. The predicted octanol–water partition coefficient (Wildman–Crippen LogP) is 2.13. The molecule has 30 heavy (non-hydrogen) atoms. The van der Waals surface area contributed by atoms with Gasteiger partial charge in [0.05, 0.1) is 15.6 Å². The Balaban J connectivity index is 2.21. The smallest absolute Gasteiger partial charge is 0.251 e. The molecule has 0 atom stereocenters. The molecule has 0 saturated heterocycles. The molecule has 0 fully saturated rings. The van der Waals surface area contributed by atoms with Crippen molar-refractivity contribution in [2.24, 2.45) is 0 Å². The Kier molecular flexibility index (Phi) is 7.77. The van der Waals surface area contributed by atoms with Crippen LogP contribution >= 0.6 is 11.6 Å². The number of sulfonamides is 1. The first-order chi connectivity index (χ1) is 14.1. The molecule has 2 rings (SSSR count). The summed E-state index contributed by atoms with van der Waals surface area (Å²) in [6, 6.07) is 6.88. The molecule has 0 radical (unpaired) electrons. The number of nitrogens with one attached hydrogen (secondary N) is 2. The third kappa shape index (κ3) is 5.68. The van der Waals surface area contributed by atoms with Crippen molar-refractivity contribution in [1.29, 1.82) is 0 Å². The molecule has 0 aliphatic heterocycles. The number of benzene rings is 1. The first-order valence-corrected chi connectivity index (χ1v) is 11.0. The summed E-state index contributed by atoms with van der Waals surface area (Å²) < 4.78 is 27.6. The Morgan fingerprint density at radius 1 is 1.10 bits per heavy atom. The van der Waals surface area contributed by atoms with Gasteiger partial charge in [-0.3, -0.25) is 14.4 Å². The number of nitrogens with zero attached hydrogens (tertiary/aromatic N) is 2. The maximum absolute atomic E-state index is 12.7. The lowest BCUT2D eigenvalue weighted by Gasteiger charge is -2.19. The van der Waals surface area contributed by atoms with Gasteiger partial charge in [-0.05, 0) is 24.3 Å². The number of aromatic nitrogens is 1. The number of hydrogen-bond acceptors (Lipinski definition) is 5. The Labute approximate surface area is 179 Å². The van der Waals surface area contributed by atoms with Crippen molar-refractivity contribution >= 4 is 44.8 Å². The molecule has 0 unspecified atom stereocenters. The number of carbonyl (C=O) groups excluding carboxylic acids is 2. The standard InChI is InChI=1S/C19H23ClN4O5S/c1-4-24(5-2)30(28,29)15-7-9-19(27)23(11-15)12-18(26)22-17-8-6-14(10-16(17)20)21-13(3)25/h6-11H,4-5,12H2,1-3H3,(H,21,25)(H,22,26). The number of carbonyl (C=O) groups is 2. The lowest BCUT2D eigenvalue weighted by Crippen LogP contribution is -2.33. The van der Waals surface area contributed by atoms with E-state index in [-0.39, 0.29) is 34.6 Å². The number of halogens is 1. The molecule has 11 heteroatoms. The number of hydrogen-bond donors (Lipinski definition) is 2. The van der Waals surface area contributed by atoms with Crippen LogP contribution in [-0.2, 0) is 26.2 Å². The van der Waals surface area contributed by atoms with E-state index in [1.807, 2.05) is 0 Å². The fourth-order valence-electron chi connectivity index (χ4n) is 2.74. The molecular weight excluding hydrogens is 432 g/mol. The van der Waals surface area contributed by atoms with Crippen molar-refractivity contribution in [1.82, 2.24) is 8.87 Å². The molecule has 2 aromatic rings. The third-order valence-corrected chi connectivity index (χ3v) is 6.52. The molecule has 0 spiro atoms. The van der Waals surface area contributed by atoms with Crippen molar-refractivity contribution in [2.45, 2.75) is 32.2 Å². The van der Waals surface area contributed by atoms with Crippen LogP contribution in [0, 0.1) is 0 Å². The fourth-order valence-corrected chi connectivity index (χ4v) is 4.45. The van der Waals surface area contributed by atoms with Gasteiger partial charge in [0, 0.05) is 38.0 Å². The average molecular weight is 455 g/mol. The molecule has 2 N–H and O–H groups in total. The van der Waals surface area contributed by atoms with E-state index in [9.17, 15) is 22.8 Å². The van der Waals surface area contributed by atoms with Gasteiger partial charge in [0.1, 0.15) is 6.54 Å². The van der Waals surface area contributed by atoms with Gasteiger partial charge >= 0.3 is 0 Å². The highest BCUT2D eigenvalue weighted by Crippen LogP contribution is 2.25. The summed E-state index contributed by atoms with van der Waals surface area (Å²) in [6.07, 6.45) is 1.15. The van der Waals surface area contributed by atoms with Gasteiger partial charge in [-0.1, -0.05) is 25.4 Å². The van der Waals surface area contributed by atoms with Gasteiger partial charge < -0.3 is 15.2 Å². The molecule has 1 aromatic carbocycles. The van der Waals surface area contributed by atoms with E-state index in [1.54, 1.807) is 19.9 Å². The summed E-state index contributed by atoms with van der Waals surface area (Å²) in [4.78, 5) is 35.5. The summed E-state index contributed by atoms with van der Waals surface area (Å²) in [5.41, 5.74) is 0.238. The number of pyridine rings is 1. The Morgan fingerprint density at radius 2 is 1.77 bits per heavy atom. The van der Waals surface area contributed by atoms with Crippen LogP contribution < -0.4 is 16.2 Å². The van der Waals surface area contributed by atoms with Crippen molar-refractivity contribution in [2.75, 3.05) is 23.7 Å². The number of rotatable bonds is 8. The van der Waals surface area contributed by atoms with Crippen LogP contribution in [0.3, 0.4) is 0 Å². The first kappa shape index (κ1) is 23.6. The van der Waals surface area contributed by atoms with Gasteiger partial charge in [0.15, 0.2) is 0 Å². The quantitative estimate of drug-likeness (QED) is 0.633. The molecule has 0 saturated carbocycles. The minimum absolute atomic E-state index is 0.0729. The summed E-state index contributed by atoms with van der Waals surface area (Å²) in [5, 5.41) is 5.33.